The number of hydrogen-bond donors (Lipinski definition) is 7. The van der Waals surface area contributed by atoms with Gasteiger partial charge in [0.05, 0.1) is 18.5 Å². The number of nitrogens with two attached hydrogens (primary N) is 1. The Morgan fingerprint density at radius 2 is 1.40 bits per heavy atom. The van der Waals surface area contributed by atoms with E-state index < -0.39 is 54.0 Å². The molecule has 0 aliphatic carbocycles. The van der Waals surface area contributed by atoms with Gasteiger partial charge in [-0.25, -0.2) is 9.78 Å². The van der Waals surface area contributed by atoms with Gasteiger partial charge in [-0.1, -0.05) is 60.7 Å². The molecule has 40 heavy (non-hydrogen) atoms. The highest BCUT2D eigenvalue weighted by atomic mass is 16.4. The number of carbonyl (C=O) groups is 4. The first-order valence-corrected chi connectivity index (χ1v) is 12.8. The van der Waals surface area contributed by atoms with Crippen molar-refractivity contribution >= 4 is 23.7 Å². The fourth-order valence-electron chi connectivity index (χ4n) is 4.04. The Balaban J connectivity index is 1.71. The van der Waals surface area contributed by atoms with Crippen LogP contribution in [-0.4, -0.2) is 74.1 Å². The Morgan fingerprint density at radius 3 is 1.93 bits per heavy atom. The Bertz CT molecular complexity index is 1250. The predicted molar refractivity (Wildman–Crippen MR) is 146 cm³/mol. The number of nitrogens with one attached hydrogen (secondary N) is 4. The van der Waals surface area contributed by atoms with Crippen LogP contribution in [-0.2, 0) is 38.4 Å². The number of rotatable bonds is 14. The lowest BCUT2D eigenvalue weighted by Gasteiger charge is -2.26. The van der Waals surface area contributed by atoms with Crippen LogP contribution in [0.25, 0.3) is 0 Å². The number of hydrogen-bond acceptors (Lipinski definition) is 7. The van der Waals surface area contributed by atoms with Gasteiger partial charge >= 0.3 is 5.97 Å². The molecule has 1 aromatic heterocycles. The maximum absolute atomic E-state index is 13.3. The van der Waals surface area contributed by atoms with E-state index in [-0.39, 0.29) is 19.3 Å². The van der Waals surface area contributed by atoms with Gasteiger partial charge in [-0.3, -0.25) is 14.4 Å². The molecule has 3 rings (SSSR count). The van der Waals surface area contributed by atoms with Crippen molar-refractivity contribution in [3.05, 3.63) is 90.0 Å². The molecule has 5 atom stereocenters. The van der Waals surface area contributed by atoms with E-state index >= 15 is 0 Å². The van der Waals surface area contributed by atoms with E-state index in [1.165, 1.54) is 19.4 Å². The number of aromatic nitrogens is 2. The van der Waals surface area contributed by atoms with Crippen molar-refractivity contribution in [1.29, 1.82) is 0 Å². The summed E-state index contributed by atoms with van der Waals surface area (Å²) < 4.78 is 0. The van der Waals surface area contributed by atoms with Crippen LogP contribution in [0.15, 0.2) is 73.2 Å². The third-order valence-electron chi connectivity index (χ3n) is 6.21. The van der Waals surface area contributed by atoms with Gasteiger partial charge in [0.2, 0.25) is 17.7 Å². The van der Waals surface area contributed by atoms with Crippen molar-refractivity contribution in [3.63, 3.8) is 0 Å². The second-order valence-electron chi connectivity index (χ2n) is 9.45. The van der Waals surface area contributed by atoms with Crippen LogP contribution in [0.1, 0.15) is 23.7 Å². The first-order chi connectivity index (χ1) is 19.1. The summed E-state index contributed by atoms with van der Waals surface area (Å²) in [5, 5.41) is 27.4. The number of aliphatic carboxylic acids is 1. The molecule has 3 amide bonds. The lowest BCUT2D eigenvalue weighted by molar-refractivity contribution is -0.143. The maximum Gasteiger partial charge on any atom is 0.326 e. The van der Waals surface area contributed by atoms with Crippen molar-refractivity contribution in [3.8, 4) is 0 Å². The van der Waals surface area contributed by atoms with Crippen molar-refractivity contribution in [2.45, 2.75) is 56.5 Å². The zero-order chi connectivity index (χ0) is 29.1. The minimum atomic E-state index is -1.50. The summed E-state index contributed by atoms with van der Waals surface area (Å²) in [7, 11) is 0. The number of aliphatic hydroxyl groups is 1. The summed E-state index contributed by atoms with van der Waals surface area (Å²) in [6.45, 7) is 1.29. The minimum Gasteiger partial charge on any atom is -0.480 e. The molecular formula is C28H34N6O6. The normalized spacial score (nSPS) is 14.7. The summed E-state index contributed by atoms with van der Waals surface area (Å²) in [6.07, 6.45) is 1.75. The van der Waals surface area contributed by atoms with E-state index in [1.807, 2.05) is 30.3 Å². The summed E-state index contributed by atoms with van der Waals surface area (Å²) in [6, 6.07) is 12.9. The second kappa shape index (κ2) is 14.6. The lowest BCUT2D eigenvalue weighted by atomic mass is 10.0. The Hall–Kier alpha value is -4.55. The van der Waals surface area contributed by atoms with Gasteiger partial charge in [-0.15, -0.1) is 0 Å². The summed E-state index contributed by atoms with van der Waals surface area (Å²) in [5.74, 6) is -3.52. The number of nitrogens with zero attached hydrogens (tertiary/aromatic N) is 1. The van der Waals surface area contributed by atoms with Gasteiger partial charge in [0.1, 0.15) is 18.1 Å². The van der Waals surface area contributed by atoms with Crippen LogP contribution >= 0.6 is 0 Å². The molecule has 5 unspecified atom stereocenters. The zero-order valence-corrected chi connectivity index (χ0v) is 22.0. The molecule has 0 bridgehead atoms. The van der Waals surface area contributed by atoms with Gasteiger partial charge in [0.15, 0.2) is 0 Å². The summed E-state index contributed by atoms with van der Waals surface area (Å²) in [5.41, 5.74) is 8.15. The predicted octanol–water partition coefficient (Wildman–Crippen LogP) is -0.315. The van der Waals surface area contributed by atoms with Gasteiger partial charge in [-0.2, -0.15) is 0 Å². The molecule has 12 nitrogen and oxygen atoms in total. The van der Waals surface area contributed by atoms with E-state index in [2.05, 4.69) is 25.9 Å². The zero-order valence-electron chi connectivity index (χ0n) is 22.0. The Kier molecular flexibility index (Phi) is 10.9. The van der Waals surface area contributed by atoms with Crippen molar-refractivity contribution in [2.24, 2.45) is 5.73 Å². The fourth-order valence-corrected chi connectivity index (χ4v) is 4.04. The van der Waals surface area contributed by atoms with Gasteiger partial charge < -0.3 is 36.9 Å². The van der Waals surface area contributed by atoms with Gasteiger partial charge in [-0.05, 0) is 24.5 Å². The molecule has 3 aromatic rings. The van der Waals surface area contributed by atoms with Crippen LogP contribution in [0.2, 0.25) is 0 Å². The molecular weight excluding hydrogens is 516 g/mol. The Labute approximate surface area is 231 Å². The molecule has 12 heteroatoms. The van der Waals surface area contributed by atoms with E-state index in [0.717, 1.165) is 5.56 Å². The molecule has 0 fully saturated rings. The van der Waals surface area contributed by atoms with E-state index in [0.29, 0.717) is 11.3 Å². The third-order valence-corrected chi connectivity index (χ3v) is 6.21. The van der Waals surface area contributed by atoms with Crippen LogP contribution in [0, 0.1) is 0 Å². The van der Waals surface area contributed by atoms with E-state index in [4.69, 9.17) is 5.73 Å². The molecule has 0 aliphatic rings. The highest BCUT2D eigenvalue weighted by molar-refractivity contribution is 5.94. The van der Waals surface area contributed by atoms with Crippen LogP contribution in [0.3, 0.4) is 0 Å². The highest BCUT2D eigenvalue weighted by Gasteiger charge is 2.33. The molecule has 0 aliphatic heterocycles. The average Bonchev–Trinajstić information content (AvgIpc) is 3.44. The van der Waals surface area contributed by atoms with Gasteiger partial charge in [0.25, 0.3) is 0 Å². The van der Waals surface area contributed by atoms with Crippen molar-refractivity contribution in [1.82, 2.24) is 25.9 Å². The number of carbonyl (C=O) groups excluding carboxylic acids is 3. The van der Waals surface area contributed by atoms with Crippen LogP contribution < -0.4 is 21.7 Å². The molecule has 8 N–H and O–H groups in total. The lowest BCUT2D eigenvalue weighted by Crippen LogP contribution is -2.60. The molecule has 2 aromatic carbocycles. The molecule has 0 spiro atoms. The maximum atomic E-state index is 13.3. The minimum absolute atomic E-state index is 0.000197. The standard InChI is InChI=1S/C28H34N6O6/c1-17(35)24(27(38)33-23(28(39)40)13-19-10-6-3-7-11-19)34-26(37)22(14-20-15-30-16-31-20)32-25(36)21(29)12-18-8-4-2-5-9-18/h2-11,15-17,21-24,35H,12-14,29H2,1H3,(H,30,31)(H,32,36)(H,33,38)(H,34,37)(H,39,40). The number of carboxylic acid groups (broad SMARTS) is 1. The monoisotopic (exact) mass is 550 g/mol. The van der Waals surface area contributed by atoms with Crippen LogP contribution in [0.5, 0.6) is 0 Å². The first kappa shape index (κ1) is 30.0. The number of aromatic amines is 1. The molecule has 212 valence electrons. The average molecular weight is 551 g/mol. The fraction of sp³-hybridized carbons (Fsp3) is 0.321. The molecule has 0 radical (unpaired) electrons. The largest absolute Gasteiger partial charge is 0.480 e. The first-order valence-electron chi connectivity index (χ1n) is 12.8. The van der Waals surface area contributed by atoms with Gasteiger partial charge in [0, 0.05) is 24.7 Å². The van der Waals surface area contributed by atoms with E-state index in [1.54, 1.807) is 30.3 Å². The summed E-state index contributed by atoms with van der Waals surface area (Å²) in [4.78, 5) is 57.8. The van der Waals surface area contributed by atoms with Crippen LogP contribution in [0.4, 0.5) is 0 Å². The third kappa shape index (κ3) is 9.03. The number of amides is 3. The van der Waals surface area contributed by atoms with E-state index in [9.17, 15) is 29.4 Å². The number of H-pyrrole nitrogens is 1. The topological polar surface area (TPSA) is 200 Å². The number of benzene rings is 2. The van der Waals surface area contributed by atoms with Crippen molar-refractivity contribution < 1.29 is 29.4 Å². The smallest absolute Gasteiger partial charge is 0.326 e. The number of imidazole rings is 1. The number of aliphatic hydroxyl groups excluding tert-OH is 1. The quantitative estimate of drug-likeness (QED) is 0.142. The molecule has 0 saturated heterocycles. The summed E-state index contributed by atoms with van der Waals surface area (Å²) >= 11 is 0. The Morgan fingerprint density at radius 1 is 0.825 bits per heavy atom. The molecule has 1 heterocycles. The molecule has 0 saturated carbocycles. The second-order valence-corrected chi connectivity index (χ2v) is 9.45. The van der Waals surface area contributed by atoms with Crippen molar-refractivity contribution in [2.75, 3.05) is 0 Å². The highest BCUT2D eigenvalue weighted by Crippen LogP contribution is 2.07. The number of carboxylic acids is 1. The SMILES string of the molecule is CC(O)C(NC(=O)C(Cc1cnc[nH]1)NC(=O)C(N)Cc1ccccc1)C(=O)NC(Cc1ccccc1)C(=O)O.